The van der Waals surface area contributed by atoms with Crippen molar-refractivity contribution in [3.8, 4) is 17.6 Å². The zero-order valence-corrected chi connectivity index (χ0v) is 16.5. The number of carbonyl (C=O) groups excluding carboxylic acids is 2. The number of nitrogens with two attached hydrogens (primary N) is 1. The Hall–Kier alpha value is -4.06. The highest BCUT2D eigenvalue weighted by molar-refractivity contribution is 6.10. The standard InChI is InChI=1S/C21H20N6O3/c1-12-3-4-13(17(22)24-12)7-8-21(19(28)25-20(29)26-21)11-27-10-14-5-6-15(30-2)9-16(14)18(27)23/h3-6,9,23H,10-11H2,1-2H3,(H2,22,24)(H2,25,26,28,29)/t21-/m1/s1. The van der Waals surface area contributed by atoms with Gasteiger partial charge in [0.15, 0.2) is 0 Å². The van der Waals surface area contributed by atoms with Gasteiger partial charge < -0.3 is 20.7 Å². The van der Waals surface area contributed by atoms with Gasteiger partial charge in [-0.15, -0.1) is 0 Å². The molecule has 1 aromatic heterocycles. The van der Waals surface area contributed by atoms with Crippen molar-refractivity contribution in [3.63, 3.8) is 0 Å². The Morgan fingerprint density at radius 2 is 2.13 bits per heavy atom. The summed E-state index contributed by atoms with van der Waals surface area (Å²) >= 11 is 0. The van der Waals surface area contributed by atoms with E-state index < -0.39 is 17.5 Å². The minimum atomic E-state index is -1.52. The lowest BCUT2D eigenvalue weighted by Crippen LogP contribution is -2.54. The molecule has 3 heterocycles. The number of carbonyl (C=O) groups is 2. The second-order valence-electron chi connectivity index (χ2n) is 7.18. The van der Waals surface area contributed by atoms with Gasteiger partial charge in [0, 0.05) is 17.8 Å². The van der Waals surface area contributed by atoms with Crippen LogP contribution in [0.5, 0.6) is 5.75 Å². The fourth-order valence-electron chi connectivity index (χ4n) is 3.50. The van der Waals surface area contributed by atoms with Crippen LogP contribution < -0.4 is 21.1 Å². The molecule has 0 bridgehead atoms. The monoisotopic (exact) mass is 404 g/mol. The van der Waals surface area contributed by atoms with E-state index in [4.69, 9.17) is 15.9 Å². The largest absolute Gasteiger partial charge is 0.497 e. The molecule has 0 radical (unpaired) electrons. The van der Waals surface area contributed by atoms with Crippen LogP contribution in [-0.4, -0.2) is 46.9 Å². The van der Waals surface area contributed by atoms with Crippen LogP contribution in [0.2, 0.25) is 0 Å². The predicted octanol–water partition coefficient (Wildman–Crippen LogP) is 0.752. The Morgan fingerprint density at radius 1 is 1.33 bits per heavy atom. The first-order valence-corrected chi connectivity index (χ1v) is 9.22. The van der Waals surface area contributed by atoms with Crippen molar-refractivity contribution >= 4 is 23.6 Å². The lowest BCUT2D eigenvalue weighted by molar-refractivity contribution is -0.122. The number of fused-ring (bicyclic) bond motifs is 1. The highest BCUT2D eigenvalue weighted by Crippen LogP contribution is 2.28. The third-order valence-corrected chi connectivity index (χ3v) is 5.09. The Balaban J connectivity index is 1.66. The molecule has 2 aromatic rings. The van der Waals surface area contributed by atoms with Crippen molar-refractivity contribution in [2.75, 3.05) is 19.4 Å². The number of nitrogens with one attached hydrogen (secondary N) is 3. The molecule has 1 saturated heterocycles. The molecule has 1 aromatic carbocycles. The summed E-state index contributed by atoms with van der Waals surface area (Å²) in [5, 5.41) is 13.4. The molecule has 9 nitrogen and oxygen atoms in total. The third kappa shape index (κ3) is 3.28. The molecule has 1 atom stereocenters. The maximum Gasteiger partial charge on any atom is 0.323 e. The fourth-order valence-corrected chi connectivity index (χ4v) is 3.50. The molecule has 0 saturated carbocycles. The number of amides is 3. The molecular formula is C21H20N6O3. The SMILES string of the molecule is COc1ccc2c(c1)C(=N)N(C[C@@]1(C#Cc3ccc(C)nc3N)NC(=O)NC1=O)C2. The van der Waals surface area contributed by atoms with Crippen LogP contribution in [0.3, 0.4) is 0 Å². The smallest absolute Gasteiger partial charge is 0.323 e. The van der Waals surface area contributed by atoms with Gasteiger partial charge >= 0.3 is 6.03 Å². The molecule has 0 aliphatic carbocycles. The van der Waals surface area contributed by atoms with E-state index in [0.29, 0.717) is 23.4 Å². The number of hydrogen-bond donors (Lipinski definition) is 4. The van der Waals surface area contributed by atoms with Crippen LogP contribution in [-0.2, 0) is 11.3 Å². The lowest BCUT2D eigenvalue weighted by atomic mass is 9.99. The molecule has 2 aliphatic rings. The Labute approximate surface area is 173 Å². The Bertz CT molecular complexity index is 1150. The average molecular weight is 404 g/mol. The molecule has 4 rings (SSSR count). The average Bonchev–Trinajstić information content (AvgIpc) is 3.16. The van der Waals surface area contributed by atoms with Gasteiger partial charge in [0.25, 0.3) is 5.91 Å². The van der Waals surface area contributed by atoms with E-state index >= 15 is 0 Å². The zero-order valence-electron chi connectivity index (χ0n) is 16.5. The van der Waals surface area contributed by atoms with Crippen molar-refractivity contribution < 1.29 is 14.3 Å². The number of benzene rings is 1. The first kappa shape index (κ1) is 19.3. The summed E-state index contributed by atoms with van der Waals surface area (Å²) in [7, 11) is 1.56. The van der Waals surface area contributed by atoms with Crippen molar-refractivity contribution in [2.45, 2.75) is 19.0 Å². The minimum absolute atomic E-state index is 0.00654. The number of ether oxygens (including phenoxy) is 1. The number of nitrogen functional groups attached to an aromatic ring is 1. The molecule has 0 unspecified atom stereocenters. The highest BCUT2D eigenvalue weighted by Gasteiger charge is 2.47. The maximum absolute atomic E-state index is 12.7. The number of imide groups is 1. The number of anilines is 1. The molecule has 9 heteroatoms. The number of urea groups is 1. The van der Waals surface area contributed by atoms with Crippen LogP contribution in [0.25, 0.3) is 0 Å². The van der Waals surface area contributed by atoms with Gasteiger partial charge in [-0.3, -0.25) is 15.5 Å². The van der Waals surface area contributed by atoms with Crippen molar-refractivity contribution in [3.05, 3.63) is 52.7 Å². The van der Waals surface area contributed by atoms with E-state index in [1.807, 2.05) is 19.1 Å². The first-order valence-electron chi connectivity index (χ1n) is 9.22. The van der Waals surface area contributed by atoms with Crippen LogP contribution in [0.15, 0.2) is 30.3 Å². The minimum Gasteiger partial charge on any atom is -0.497 e. The third-order valence-electron chi connectivity index (χ3n) is 5.09. The number of nitrogens with zero attached hydrogens (tertiary/aromatic N) is 2. The summed E-state index contributed by atoms with van der Waals surface area (Å²) in [6, 6.07) is 8.33. The summed E-state index contributed by atoms with van der Waals surface area (Å²) < 4.78 is 5.24. The Morgan fingerprint density at radius 3 is 2.80 bits per heavy atom. The molecular weight excluding hydrogens is 384 g/mol. The molecule has 5 N–H and O–H groups in total. The second-order valence-corrected chi connectivity index (χ2v) is 7.18. The second kappa shape index (κ2) is 7.08. The molecule has 0 spiro atoms. The molecule has 30 heavy (non-hydrogen) atoms. The predicted molar refractivity (Wildman–Crippen MR) is 110 cm³/mol. The normalized spacial score (nSPS) is 19.7. The summed E-state index contributed by atoms with van der Waals surface area (Å²) in [5.41, 5.74) is 7.26. The highest BCUT2D eigenvalue weighted by atomic mass is 16.5. The van der Waals surface area contributed by atoms with Gasteiger partial charge in [-0.25, -0.2) is 9.78 Å². The van der Waals surface area contributed by atoms with Gasteiger partial charge in [-0.05, 0) is 36.8 Å². The molecule has 3 amide bonds. The summed E-state index contributed by atoms with van der Waals surface area (Å²) in [6.07, 6.45) is 0. The summed E-state index contributed by atoms with van der Waals surface area (Å²) in [6.45, 7) is 2.23. The number of hydrogen-bond acceptors (Lipinski definition) is 6. The fraction of sp³-hybridized carbons (Fsp3) is 0.238. The van der Waals surface area contributed by atoms with E-state index in [1.165, 1.54) is 0 Å². The maximum atomic E-state index is 12.7. The van der Waals surface area contributed by atoms with Crippen molar-refractivity contribution in [2.24, 2.45) is 0 Å². The van der Waals surface area contributed by atoms with E-state index in [1.54, 1.807) is 30.2 Å². The molecule has 1 fully saturated rings. The number of rotatable bonds is 3. The summed E-state index contributed by atoms with van der Waals surface area (Å²) in [4.78, 5) is 30.4. The van der Waals surface area contributed by atoms with Crippen LogP contribution in [0.4, 0.5) is 10.6 Å². The van der Waals surface area contributed by atoms with Crippen LogP contribution in [0, 0.1) is 24.2 Å². The quantitative estimate of drug-likeness (QED) is 0.441. The lowest BCUT2D eigenvalue weighted by Gasteiger charge is -2.27. The number of amidine groups is 1. The van der Waals surface area contributed by atoms with Crippen molar-refractivity contribution in [1.29, 1.82) is 5.41 Å². The topological polar surface area (TPSA) is 133 Å². The van der Waals surface area contributed by atoms with Crippen LogP contribution >= 0.6 is 0 Å². The van der Waals surface area contributed by atoms with E-state index in [0.717, 1.165) is 11.3 Å². The van der Waals surface area contributed by atoms with Crippen molar-refractivity contribution in [1.82, 2.24) is 20.5 Å². The van der Waals surface area contributed by atoms with Gasteiger partial charge in [0.2, 0.25) is 5.54 Å². The van der Waals surface area contributed by atoms with Crippen LogP contribution in [0.1, 0.15) is 22.4 Å². The first-order chi connectivity index (χ1) is 14.3. The summed E-state index contributed by atoms with van der Waals surface area (Å²) in [5.74, 6) is 6.29. The number of aromatic nitrogens is 1. The van der Waals surface area contributed by atoms with E-state index in [-0.39, 0.29) is 18.2 Å². The zero-order chi connectivity index (χ0) is 21.5. The van der Waals surface area contributed by atoms with Gasteiger partial charge in [-0.1, -0.05) is 17.9 Å². The van der Waals surface area contributed by atoms with Gasteiger partial charge in [-0.2, -0.15) is 0 Å². The van der Waals surface area contributed by atoms with Gasteiger partial charge in [0.1, 0.15) is 17.4 Å². The van der Waals surface area contributed by atoms with E-state index in [9.17, 15) is 9.59 Å². The van der Waals surface area contributed by atoms with E-state index in [2.05, 4.69) is 27.5 Å². The number of aryl methyl sites for hydroxylation is 1. The van der Waals surface area contributed by atoms with Gasteiger partial charge in [0.05, 0.1) is 19.2 Å². The molecule has 152 valence electrons. The number of pyridine rings is 1. The number of methoxy groups -OCH3 is 1. The molecule has 2 aliphatic heterocycles. The Kier molecular flexibility index (Phi) is 4.54.